The normalized spacial score (nSPS) is 19.0. The largest absolute Gasteiger partial charge is 0.354 e. The number of aromatic amines is 2. The Labute approximate surface area is 259 Å². The van der Waals surface area contributed by atoms with E-state index in [0.717, 1.165) is 71.6 Å². The van der Waals surface area contributed by atoms with Crippen molar-refractivity contribution >= 4 is 28.0 Å². The summed E-state index contributed by atoms with van der Waals surface area (Å²) >= 11 is 0. The summed E-state index contributed by atoms with van der Waals surface area (Å²) in [5.74, 6) is 1.37. The third-order valence-electron chi connectivity index (χ3n) is 10.2. The standard InChI is InChI=1S/C37H44N6O/c1-21-15-22(2)17-25(16-21)34-32(24(4)19-38-20-31-41-33-23(3)13-14-39-35(33)42-31)29-18-26(7-12-30(29)40-34)37(5,6)36(44)43-27-8-9-28(43)11-10-27/h7,12-18,24,27-28,38,40H,8-11,19-20H2,1-6H3,(H,39,41,42)/t24-,27?,28?/m1/s1. The highest BCUT2D eigenvalue weighted by atomic mass is 16.2. The number of fused-ring (bicyclic) bond motifs is 4. The van der Waals surface area contributed by atoms with Crippen molar-refractivity contribution < 1.29 is 4.79 Å². The van der Waals surface area contributed by atoms with Gasteiger partial charge in [-0.05, 0) is 119 Å². The van der Waals surface area contributed by atoms with Crippen LogP contribution in [0.25, 0.3) is 33.3 Å². The van der Waals surface area contributed by atoms with Gasteiger partial charge in [0.25, 0.3) is 0 Å². The van der Waals surface area contributed by atoms with Crippen molar-refractivity contribution in [3.63, 3.8) is 0 Å². The zero-order valence-electron chi connectivity index (χ0n) is 26.8. The number of aromatic nitrogens is 4. The smallest absolute Gasteiger partial charge is 0.233 e. The van der Waals surface area contributed by atoms with Crippen LogP contribution in [0.1, 0.15) is 86.0 Å². The Bertz CT molecular complexity index is 1840. The molecule has 2 fully saturated rings. The fourth-order valence-electron chi connectivity index (χ4n) is 7.83. The molecule has 7 rings (SSSR count). The molecule has 2 aromatic carbocycles. The molecule has 7 heteroatoms. The van der Waals surface area contributed by atoms with Crippen LogP contribution in [0.15, 0.2) is 48.7 Å². The van der Waals surface area contributed by atoms with Gasteiger partial charge in [0.2, 0.25) is 5.91 Å². The third kappa shape index (κ3) is 4.91. The average molecular weight is 589 g/mol. The number of carbonyl (C=O) groups is 1. The molecule has 0 aliphatic carbocycles. The molecule has 2 aliphatic rings. The summed E-state index contributed by atoms with van der Waals surface area (Å²) in [5, 5.41) is 4.85. The number of rotatable bonds is 8. The molecule has 0 radical (unpaired) electrons. The number of pyridine rings is 1. The highest BCUT2D eigenvalue weighted by Gasteiger charge is 2.47. The van der Waals surface area contributed by atoms with Gasteiger partial charge in [-0.2, -0.15) is 0 Å². The summed E-state index contributed by atoms with van der Waals surface area (Å²) in [6, 6.07) is 16.2. The summed E-state index contributed by atoms with van der Waals surface area (Å²) in [5.41, 5.74) is 10.6. The van der Waals surface area contributed by atoms with Gasteiger partial charge >= 0.3 is 0 Å². The number of hydrogen-bond donors (Lipinski definition) is 3. The van der Waals surface area contributed by atoms with E-state index in [1.165, 1.54) is 27.6 Å². The maximum absolute atomic E-state index is 14.0. The molecular formula is C37H44N6O. The SMILES string of the molecule is Cc1cc(C)cc(-c2[nH]c3ccc(C(C)(C)C(=O)N4C5CCC4CC5)cc3c2[C@H](C)CNCc2nc3nccc(C)c3[nH]2)c1. The van der Waals surface area contributed by atoms with Crippen LogP contribution in [0.3, 0.4) is 0 Å². The maximum Gasteiger partial charge on any atom is 0.233 e. The molecule has 44 heavy (non-hydrogen) atoms. The first-order valence-electron chi connectivity index (χ1n) is 16.2. The highest BCUT2D eigenvalue weighted by molar-refractivity contribution is 5.95. The minimum atomic E-state index is -0.594. The number of nitrogens with zero attached hydrogens (tertiary/aromatic N) is 3. The zero-order chi connectivity index (χ0) is 30.7. The highest BCUT2D eigenvalue weighted by Crippen LogP contribution is 2.42. The van der Waals surface area contributed by atoms with Crippen LogP contribution >= 0.6 is 0 Å². The number of imidazole rings is 1. The fraction of sp³-hybridized carbons (Fsp3) is 0.432. The molecule has 0 spiro atoms. The Morgan fingerprint density at radius 2 is 1.70 bits per heavy atom. The van der Waals surface area contributed by atoms with Crippen molar-refractivity contribution in [3.05, 3.63) is 82.3 Å². The van der Waals surface area contributed by atoms with Crippen molar-refractivity contribution in [1.29, 1.82) is 0 Å². The van der Waals surface area contributed by atoms with E-state index >= 15 is 0 Å². The molecule has 2 aliphatic heterocycles. The Balaban J connectivity index is 1.23. The number of benzene rings is 2. The molecule has 1 atom stereocenters. The van der Waals surface area contributed by atoms with E-state index in [4.69, 9.17) is 4.98 Å². The molecule has 228 valence electrons. The average Bonchev–Trinajstić information content (AvgIpc) is 3.77. The van der Waals surface area contributed by atoms with E-state index in [9.17, 15) is 4.79 Å². The number of amides is 1. The number of carbonyl (C=O) groups excluding carboxylic acids is 1. The van der Waals surface area contributed by atoms with Gasteiger partial charge in [-0.3, -0.25) is 4.79 Å². The molecule has 5 aromatic rings. The van der Waals surface area contributed by atoms with Crippen LogP contribution in [-0.2, 0) is 16.8 Å². The lowest BCUT2D eigenvalue weighted by molar-refractivity contribution is -0.137. The molecule has 3 N–H and O–H groups in total. The monoisotopic (exact) mass is 588 g/mol. The number of hydrogen-bond acceptors (Lipinski definition) is 4. The molecule has 2 bridgehead atoms. The predicted molar refractivity (Wildman–Crippen MR) is 178 cm³/mol. The van der Waals surface area contributed by atoms with Gasteiger partial charge in [-0.25, -0.2) is 9.97 Å². The Hall–Kier alpha value is -3.97. The van der Waals surface area contributed by atoms with Crippen molar-refractivity contribution in [2.45, 2.75) is 97.2 Å². The second kappa shape index (κ2) is 10.9. The van der Waals surface area contributed by atoms with Crippen LogP contribution in [0.2, 0.25) is 0 Å². The van der Waals surface area contributed by atoms with Crippen LogP contribution in [-0.4, -0.2) is 49.4 Å². The topological polar surface area (TPSA) is 89.7 Å². The molecule has 0 unspecified atom stereocenters. The predicted octanol–water partition coefficient (Wildman–Crippen LogP) is 7.36. The molecule has 5 heterocycles. The van der Waals surface area contributed by atoms with Gasteiger partial charge in [0.1, 0.15) is 5.82 Å². The van der Waals surface area contributed by atoms with E-state index in [1.807, 2.05) is 12.3 Å². The molecular weight excluding hydrogens is 544 g/mol. The summed E-state index contributed by atoms with van der Waals surface area (Å²) in [6.45, 7) is 14.3. The number of nitrogens with one attached hydrogen (secondary N) is 3. The summed E-state index contributed by atoms with van der Waals surface area (Å²) in [4.78, 5) is 32.6. The van der Waals surface area contributed by atoms with Crippen molar-refractivity contribution in [2.24, 2.45) is 0 Å². The van der Waals surface area contributed by atoms with E-state index in [1.54, 1.807) is 0 Å². The van der Waals surface area contributed by atoms with Crippen LogP contribution in [0, 0.1) is 20.8 Å². The van der Waals surface area contributed by atoms with Gasteiger partial charge in [0.05, 0.1) is 23.2 Å². The van der Waals surface area contributed by atoms with E-state index < -0.39 is 5.41 Å². The molecule has 3 aromatic heterocycles. The Kier molecular flexibility index (Phi) is 7.12. The van der Waals surface area contributed by atoms with Crippen molar-refractivity contribution in [2.75, 3.05) is 6.54 Å². The van der Waals surface area contributed by atoms with Gasteiger partial charge < -0.3 is 20.2 Å². The molecule has 2 saturated heterocycles. The maximum atomic E-state index is 14.0. The van der Waals surface area contributed by atoms with Crippen molar-refractivity contribution in [1.82, 2.24) is 30.2 Å². The van der Waals surface area contributed by atoms with E-state index in [2.05, 4.69) is 103 Å². The summed E-state index contributed by atoms with van der Waals surface area (Å²) in [7, 11) is 0. The van der Waals surface area contributed by atoms with Crippen molar-refractivity contribution in [3.8, 4) is 11.3 Å². The Morgan fingerprint density at radius 1 is 1.00 bits per heavy atom. The lowest BCUT2D eigenvalue weighted by Crippen LogP contribution is -2.45. The summed E-state index contributed by atoms with van der Waals surface area (Å²) in [6.07, 6.45) is 6.42. The van der Waals surface area contributed by atoms with Gasteiger partial charge in [-0.1, -0.05) is 30.2 Å². The molecule has 1 amide bonds. The first-order chi connectivity index (χ1) is 21.1. The van der Waals surface area contributed by atoms with Gasteiger partial charge in [0, 0.05) is 35.7 Å². The van der Waals surface area contributed by atoms with Crippen LogP contribution < -0.4 is 5.32 Å². The quantitative estimate of drug-likeness (QED) is 0.177. The van der Waals surface area contributed by atoms with Crippen LogP contribution in [0.4, 0.5) is 0 Å². The second-order valence-corrected chi connectivity index (χ2v) is 13.9. The minimum Gasteiger partial charge on any atom is -0.354 e. The molecule has 7 nitrogen and oxygen atoms in total. The first-order valence-corrected chi connectivity index (χ1v) is 16.2. The second-order valence-electron chi connectivity index (χ2n) is 13.9. The zero-order valence-corrected chi connectivity index (χ0v) is 26.8. The lowest BCUT2D eigenvalue weighted by Gasteiger charge is -2.33. The summed E-state index contributed by atoms with van der Waals surface area (Å²) < 4.78 is 0. The van der Waals surface area contributed by atoms with Crippen LogP contribution in [0.5, 0.6) is 0 Å². The first kappa shape index (κ1) is 28.8. The number of H-pyrrole nitrogens is 2. The van der Waals surface area contributed by atoms with Gasteiger partial charge in [-0.15, -0.1) is 0 Å². The van der Waals surface area contributed by atoms with E-state index in [-0.39, 0.29) is 11.8 Å². The minimum absolute atomic E-state index is 0.201. The number of aryl methyl sites for hydroxylation is 3. The Morgan fingerprint density at radius 3 is 2.39 bits per heavy atom. The molecule has 0 saturated carbocycles. The third-order valence-corrected chi connectivity index (χ3v) is 10.2. The fourth-order valence-corrected chi connectivity index (χ4v) is 7.83. The lowest BCUT2D eigenvalue weighted by atomic mass is 9.81. The van der Waals surface area contributed by atoms with Gasteiger partial charge in [0.15, 0.2) is 5.65 Å². The van der Waals surface area contributed by atoms with E-state index in [0.29, 0.717) is 18.6 Å².